The lowest BCUT2D eigenvalue weighted by Crippen LogP contribution is -2.02. The van der Waals surface area contributed by atoms with E-state index in [4.69, 9.17) is 5.11 Å². The molecule has 72 valence electrons. The molecule has 0 saturated carbocycles. The van der Waals surface area contributed by atoms with E-state index in [1.165, 1.54) is 0 Å². The van der Waals surface area contributed by atoms with Gasteiger partial charge in [0, 0.05) is 22.5 Å². The van der Waals surface area contributed by atoms with Crippen LogP contribution in [0.5, 0.6) is 0 Å². The number of aliphatic hydroxyl groups is 1. The molecule has 13 heavy (non-hydrogen) atoms. The van der Waals surface area contributed by atoms with Gasteiger partial charge in [0.15, 0.2) is 0 Å². The van der Waals surface area contributed by atoms with Gasteiger partial charge in [-0.05, 0) is 0 Å². The van der Waals surface area contributed by atoms with Gasteiger partial charge >= 0.3 is 0 Å². The molecule has 1 N–H and O–H groups in total. The first-order valence-electron chi connectivity index (χ1n) is 3.43. The number of benzene rings is 1. The molecular weight excluding hydrogens is 249 g/mol. The van der Waals surface area contributed by atoms with Crippen LogP contribution >= 0.6 is 15.9 Å². The Labute approximate surface area is 81.3 Å². The number of hydrogen-bond donors (Lipinski definition) is 1. The van der Waals surface area contributed by atoms with Crippen LogP contribution in [0.15, 0.2) is 6.07 Å². The van der Waals surface area contributed by atoms with Crippen molar-refractivity contribution < 1.29 is 18.3 Å². The van der Waals surface area contributed by atoms with Crippen LogP contribution in [0.3, 0.4) is 0 Å². The van der Waals surface area contributed by atoms with Gasteiger partial charge in [0.05, 0.1) is 6.61 Å². The van der Waals surface area contributed by atoms with E-state index < -0.39 is 29.6 Å². The molecule has 0 aromatic heterocycles. The van der Waals surface area contributed by atoms with Crippen LogP contribution in [0.25, 0.3) is 0 Å². The number of hydrogen-bond acceptors (Lipinski definition) is 1. The topological polar surface area (TPSA) is 20.2 Å². The van der Waals surface area contributed by atoms with Crippen LogP contribution in [0.1, 0.15) is 11.1 Å². The molecule has 0 spiro atoms. The van der Waals surface area contributed by atoms with E-state index in [1.807, 2.05) is 0 Å². The molecule has 0 amide bonds. The Morgan fingerprint density at radius 3 is 2.15 bits per heavy atom. The van der Waals surface area contributed by atoms with Crippen LogP contribution in [0.4, 0.5) is 13.2 Å². The Bertz CT molecular complexity index is 299. The highest BCUT2D eigenvalue weighted by Crippen LogP contribution is 2.22. The van der Waals surface area contributed by atoms with Crippen LogP contribution in [0, 0.1) is 17.5 Å². The summed E-state index contributed by atoms with van der Waals surface area (Å²) in [5, 5.41) is 8.53. The molecule has 0 heterocycles. The summed E-state index contributed by atoms with van der Waals surface area (Å²) < 4.78 is 38.7. The van der Waals surface area contributed by atoms with Gasteiger partial charge in [0.25, 0.3) is 0 Å². The van der Waals surface area contributed by atoms with Crippen LogP contribution in [0.2, 0.25) is 0 Å². The Kier molecular flexibility index (Phi) is 3.33. The van der Waals surface area contributed by atoms with Crippen molar-refractivity contribution in [3.8, 4) is 0 Å². The third kappa shape index (κ3) is 1.86. The molecule has 1 rings (SSSR count). The SMILES string of the molecule is OCc1c(F)cc(F)c(CBr)c1F. The summed E-state index contributed by atoms with van der Waals surface area (Å²) >= 11 is 2.86. The van der Waals surface area contributed by atoms with Crippen molar-refractivity contribution in [2.24, 2.45) is 0 Å². The van der Waals surface area contributed by atoms with E-state index in [2.05, 4.69) is 15.9 Å². The average Bonchev–Trinajstić information content (AvgIpc) is 2.04. The fourth-order valence-corrected chi connectivity index (χ4v) is 1.46. The van der Waals surface area contributed by atoms with Crippen molar-refractivity contribution in [3.05, 3.63) is 34.6 Å². The van der Waals surface area contributed by atoms with Gasteiger partial charge in [-0.15, -0.1) is 0 Å². The summed E-state index contributed by atoms with van der Waals surface area (Å²) in [5.74, 6) is -3.05. The zero-order valence-electron chi connectivity index (χ0n) is 6.45. The first kappa shape index (κ1) is 10.5. The standard InChI is InChI=1S/C8H6BrF3O/c9-2-4-6(10)1-7(11)5(3-13)8(4)12/h1,13H,2-3H2. The van der Waals surface area contributed by atoms with Gasteiger partial charge < -0.3 is 5.11 Å². The number of alkyl halides is 1. The quantitative estimate of drug-likeness (QED) is 0.805. The van der Waals surface area contributed by atoms with Crippen molar-refractivity contribution in [1.29, 1.82) is 0 Å². The Balaban J connectivity index is 3.39. The number of rotatable bonds is 2. The van der Waals surface area contributed by atoms with E-state index in [0.717, 1.165) is 0 Å². The molecule has 0 fully saturated rings. The summed E-state index contributed by atoms with van der Waals surface area (Å²) in [5.41, 5.74) is -0.777. The minimum atomic E-state index is -1.07. The molecule has 0 aliphatic carbocycles. The summed E-state index contributed by atoms with van der Waals surface area (Å²) in [6.45, 7) is -0.780. The van der Waals surface area contributed by atoms with Gasteiger partial charge in [-0.3, -0.25) is 0 Å². The summed E-state index contributed by atoms with van der Waals surface area (Å²) in [6, 6.07) is 0.561. The highest BCUT2D eigenvalue weighted by atomic mass is 79.9. The molecular formula is C8H6BrF3O. The van der Waals surface area contributed by atoms with Crippen molar-refractivity contribution >= 4 is 15.9 Å². The molecule has 0 radical (unpaired) electrons. The second-order valence-corrected chi connectivity index (χ2v) is 2.96. The Morgan fingerprint density at radius 2 is 1.69 bits per heavy atom. The predicted molar refractivity (Wildman–Crippen MR) is 44.9 cm³/mol. The molecule has 5 heteroatoms. The van der Waals surface area contributed by atoms with Gasteiger partial charge in [0.1, 0.15) is 17.5 Å². The van der Waals surface area contributed by atoms with E-state index in [1.54, 1.807) is 0 Å². The molecule has 0 aliphatic heterocycles. The fourth-order valence-electron chi connectivity index (χ4n) is 0.945. The second-order valence-electron chi connectivity index (χ2n) is 2.40. The highest BCUT2D eigenvalue weighted by Gasteiger charge is 2.16. The minimum Gasteiger partial charge on any atom is -0.391 e. The van der Waals surface area contributed by atoms with E-state index in [0.29, 0.717) is 6.07 Å². The van der Waals surface area contributed by atoms with Crippen molar-refractivity contribution in [3.63, 3.8) is 0 Å². The van der Waals surface area contributed by atoms with Crippen molar-refractivity contribution in [2.75, 3.05) is 0 Å². The molecule has 0 bridgehead atoms. The third-order valence-electron chi connectivity index (χ3n) is 1.65. The maximum Gasteiger partial charge on any atom is 0.138 e. The second kappa shape index (κ2) is 4.11. The average molecular weight is 255 g/mol. The molecule has 0 saturated heterocycles. The third-order valence-corrected chi connectivity index (χ3v) is 2.21. The van der Waals surface area contributed by atoms with Crippen LogP contribution in [-0.4, -0.2) is 5.11 Å². The molecule has 1 aromatic rings. The molecule has 0 atom stereocenters. The van der Waals surface area contributed by atoms with E-state index >= 15 is 0 Å². The summed E-state index contributed by atoms with van der Waals surface area (Å²) in [6.07, 6.45) is 0. The summed E-state index contributed by atoms with van der Waals surface area (Å²) in [7, 11) is 0. The first-order valence-corrected chi connectivity index (χ1v) is 4.56. The van der Waals surface area contributed by atoms with Crippen LogP contribution in [-0.2, 0) is 11.9 Å². The summed E-state index contributed by atoms with van der Waals surface area (Å²) in [4.78, 5) is 0. The van der Waals surface area contributed by atoms with Gasteiger partial charge in [-0.25, -0.2) is 13.2 Å². The largest absolute Gasteiger partial charge is 0.391 e. The molecule has 0 aliphatic rings. The lowest BCUT2D eigenvalue weighted by atomic mass is 10.1. The minimum absolute atomic E-state index is 0.0576. The zero-order chi connectivity index (χ0) is 10.0. The monoisotopic (exact) mass is 254 g/mol. The normalized spacial score (nSPS) is 10.5. The first-order chi connectivity index (χ1) is 6.11. The van der Waals surface area contributed by atoms with Crippen molar-refractivity contribution in [1.82, 2.24) is 0 Å². The van der Waals surface area contributed by atoms with Crippen molar-refractivity contribution in [2.45, 2.75) is 11.9 Å². The maximum atomic E-state index is 13.1. The Hall–Kier alpha value is -0.550. The molecule has 1 aromatic carbocycles. The predicted octanol–water partition coefficient (Wildman–Crippen LogP) is 2.49. The van der Waals surface area contributed by atoms with Gasteiger partial charge in [-0.1, -0.05) is 15.9 Å². The molecule has 1 nitrogen and oxygen atoms in total. The number of halogens is 4. The van der Waals surface area contributed by atoms with Gasteiger partial charge in [0.2, 0.25) is 0 Å². The lowest BCUT2D eigenvalue weighted by Gasteiger charge is -2.06. The Morgan fingerprint density at radius 1 is 1.15 bits per heavy atom. The van der Waals surface area contributed by atoms with Gasteiger partial charge in [-0.2, -0.15) is 0 Å². The highest BCUT2D eigenvalue weighted by molar-refractivity contribution is 9.08. The smallest absolute Gasteiger partial charge is 0.138 e. The fraction of sp³-hybridized carbons (Fsp3) is 0.250. The van der Waals surface area contributed by atoms with E-state index in [9.17, 15) is 13.2 Å². The van der Waals surface area contributed by atoms with Crippen LogP contribution < -0.4 is 0 Å². The lowest BCUT2D eigenvalue weighted by molar-refractivity contribution is 0.267. The van der Waals surface area contributed by atoms with E-state index in [-0.39, 0.29) is 10.9 Å². The maximum absolute atomic E-state index is 13.1. The zero-order valence-corrected chi connectivity index (χ0v) is 8.04. The number of aliphatic hydroxyl groups excluding tert-OH is 1. The molecule has 0 unspecified atom stereocenters.